The van der Waals surface area contributed by atoms with Gasteiger partial charge in [0.05, 0.1) is 21.3 Å². The average molecular weight is 272 g/mol. The Morgan fingerprint density at radius 1 is 1.06 bits per heavy atom. The minimum Gasteiger partial charge on any atom is -0.228 e. The van der Waals surface area contributed by atoms with Crippen molar-refractivity contribution in [3.05, 3.63) is 40.8 Å². The van der Waals surface area contributed by atoms with E-state index in [1.807, 2.05) is 0 Å². The number of hydrogen-bond donors (Lipinski definition) is 0. The lowest BCUT2D eigenvalue weighted by molar-refractivity contribution is 0.596. The van der Waals surface area contributed by atoms with Gasteiger partial charge < -0.3 is 0 Å². The molecule has 1 heterocycles. The fourth-order valence-corrected chi connectivity index (χ4v) is 6.00. The van der Waals surface area contributed by atoms with Gasteiger partial charge in [-0.2, -0.15) is 0 Å². The molecule has 0 radical (unpaired) electrons. The second-order valence-electron chi connectivity index (χ2n) is 4.05. The minimum absolute atomic E-state index is 0.0312. The predicted molar refractivity (Wildman–Crippen MR) is 65.0 cm³/mol. The van der Waals surface area contributed by atoms with E-state index in [1.165, 1.54) is 12.1 Å². The van der Waals surface area contributed by atoms with Crippen molar-refractivity contribution in [2.24, 2.45) is 0 Å². The van der Waals surface area contributed by atoms with Crippen molar-refractivity contribution in [2.45, 2.75) is 11.8 Å². The van der Waals surface area contributed by atoms with Gasteiger partial charge in [-0.15, -0.1) is 0 Å². The van der Waals surface area contributed by atoms with E-state index in [0.29, 0.717) is 5.57 Å². The Morgan fingerprint density at radius 2 is 1.65 bits per heavy atom. The minimum atomic E-state index is -3.66. The van der Waals surface area contributed by atoms with Gasteiger partial charge in [-0.3, -0.25) is 0 Å². The molecule has 0 saturated heterocycles. The molecule has 1 aromatic carbocycles. The lowest BCUT2D eigenvalue weighted by Gasteiger charge is -2.05. The van der Waals surface area contributed by atoms with Crippen LogP contribution in [-0.4, -0.2) is 28.3 Å². The number of rotatable bonds is 2. The molecule has 17 heavy (non-hydrogen) atoms. The average Bonchev–Trinajstić information content (AvgIpc) is 2.54. The van der Waals surface area contributed by atoms with Crippen LogP contribution >= 0.6 is 0 Å². The highest BCUT2D eigenvalue weighted by molar-refractivity contribution is 7.99. The van der Waals surface area contributed by atoms with E-state index in [1.54, 1.807) is 25.1 Å². The second-order valence-corrected chi connectivity index (χ2v) is 8.09. The van der Waals surface area contributed by atoms with E-state index in [-0.39, 0.29) is 21.3 Å². The van der Waals surface area contributed by atoms with Crippen LogP contribution in [0.2, 0.25) is 0 Å². The molecule has 4 nitrogen and oxygen atoms in total. The Labute approximate surface area is 101 Å². The van der Waals surface area contributed by atoms with Crippen LogP contribution in [-0.2, 0) is 19.7 Å². The first-order valence-corrected chi connectivity index (χ1v) is 8.32. The number of sulfone groups is 2. The van der Waals surface area contributed by atoms with Gasteiger partial charge in [0.1, 0.15) is 0 Å². The predicted octanol–water partition coefficient (Wildman–Crippen LogP) is 1.16. The van der Waals surface area contributed by atoms with E-state index in [4.69, 9.17) is 0 Å². The van der Waals surface area contributed by atoms with Gasteiger partial charge in [0.2, 0.25) is 9.84 Å². The Balaban J connectivity index is 2.53. The van der Waals surface area contributed by atoms with Gasteiger partial charge >= 0.3 is 0 Å². The van der Waals surface area contributed by atoms with E-state index in [0.717, 1.165) is 0 Å². The molecular weight excluding hydrogens is 260 g/mol. The maximum atomic E-state index is 12.2. The van der Waals surface area contributed by atoms with Crippen molar-refractivity contribution in [3.8, 4) is 0 Å². The Bertz CT molecular complexity index is 667. The number of hydrogen-bond acceptors (Lipinski definition) is 4. The van der Waals surface area contributed by atoms with Crippen LogP contribution in [0.1, 0.15) is 6.92 Å². The zero-order valence-corrected chi connectivity index (χ0v) is 10.9. The topological polar surface area (TPSA) is 68.3 Å². The lowest BCUT2D eigenvalue weighted by atomic mass is 10.3. The summed E-state index contributed by atoms with van der Waals surface area (Å²) in [5.74, 6) is -0.537. The standard InChI is InChI=1S/C11H12O4S2/c1-9-7-16(12,13)8-11(9)17(14,15)10-5-3-2-4-6-10/h2-6H,7-8H2,1H3. The molecule has 0 saturated carbocycles. The summed E-state index contributed by atoms with van der Waals surface area (Å²) in [4.78, 5) is 0.176. The first-order chi connectivity index (χ1) is 7.83. The molecule has 0 N–H and O–H groups in total. The summed E-state index contributed by atoms with van der Waals surface area (Å²) in [7, 11) is -6.95. The SMILES string of the molecule is CC1=C(S(=O)(=O)c2ccccc2)CS(=O)(=O)C1. The fraction of sp³-hybridized carbons (Fsp3) is 0.273. The highest BCUT2D eigenvalue weighted by Crippen LogP contribution is 2.28. The first kappa shape index (κ1) is 12.3. The normalized spacial score (nSPS) is 19.6. The maximum Gasteiger partial charge on any atom is 0.203 e. The third kappa shape index (κ3) is 2.28. The van der Waals surface area contributed by atoms with Gasteiger partial charge in [0.25, 0.3) is 0 Å². The monoisotopic (exact) mass is 272 g/mol. The molecule has 92 valence electrons. The third-order valence-corrected chi connectivity index (χ3v) is 6.46. The molecule has 0 aliphatic carbocycles. The molecular formula is C11H12O4S2. The van der Waals surface area contributed by atoms with Crippen LogP contribution in [0.15, 0.2) is 45.7 Å². The summed E-state index contributed by atoms with van der Waals surface area (Å²) >= 11 is 0. The molecule has 6 heteroatoms. The molecule has 0 atom stereocenters. The summed E-state index contributed by atoms with van der Waals surface area (Å²) in [6.07, 6.45) is 0. The number of benzene rings is 1. The van der Waals surface area contributed by atoms with Crippen molar-refractivity contribution in [2.75, 3.05) is 11.5 Å². The van der Waals surface area contributed by atoms with Crippen LogP contribution in [0.25, 0.3) is 0 Å². The fourth-order valence-electron chi connectivity index (χ4n) is 1.83. The van der Waals surface area contributed by atoms with E-state index < -0.39 is 19.7 Å². The smallest absolute Gasteiger partial charge is 0.203 e. The molecule has 1 aliphatic heterocycles. The molecule has 0 unspecified atom stereocenters. The van der Waals surface area contributed by atoms with Crippen molar-refractivity contribution < 1.29 is 16.8 Å². The highest BCUT2D eigenvalue weighted by Gasteiger charge is 2.33. The Hall–Kier alpha value is -1.14. The van der Waals surface area contributed by atoms with Crippen LogP contribution < -0.4 is 0 Å². The van der Waals surface area contributed by atoms with Crippen molar-refractivity contribution in [1.82, 2.24) is 0 Å². The highest BCUT2D eigenvalue weighted by atomic mass is 32.2. The molecule has 0 fully saturated rings. The van der Waals surface area contributed by atoms with Gasteiger partial charge in [-0.05, 0) is 24.6 Å². The Kier molecular flexibility index (Phi) is 2.87. The molecule has 1 aromatic rings. The molecule has 0 spiro atoms. The van der Waals surface area contributed by atoms with Crippen molar-refractivity contribution in [1.29, 1.82) is 0 Å². The quantitative estimate of drug-likeness (QED) is 0.810. The summed E-state index contributed by atoms with van der Waals surface area (Å²) in [5, 5.41) is 0. The summed E-state index contributed by atoms with van der Waals surface area (Å²) < 4.78 is 47.3. The van der Waals surface area contributed by atoms with E-state index >= 15 is 0 Å². The Morgan fingerprint density at radius 3 is 2.12 bits per heavy atom. The summed E-state index contributed by atoms with van der Waals surface area (Å²) in [5.41, 5.74) is 0.425. The van der Waals surface area contributed by atoms with Crippen LogP contribution in [0.5, 0.6) is 0 Å². The molecule has 0 bridgehead atoms. The maximum absolute atomic E-state index is 12.2. The van der Waals surface area contributed by atoms with Crippen LogP contribution in [0, 0.1) is 0 Å². The van der Waals surface area contributed by atoms with E-state index in [9.17, 15) is 16.8 Å². The van der Waals surface area contributed by atoms with Crippen LogP contribution in [0.3, 0.4) is 0 Å². The van der Waals surface area contributed by atoms with Crippen molar-refractivity contribution >= 4 is 19.7 Å². The lowest BCUT2D eigenvalue weighted by Crippen LogP contribution is -2.10. The van der Waals surface area contributed by atoms with E-state index in [2.05, 4.69) is 0 Å². The molecule has 1 aliphatic rings. The molecule has 0 aromatic heterocycles. The third-order valence-electron chi connectivity index (χ3n) is 2.64. The molecule has 0 amide bonds. The summed E-state index contributed by atoms with van der Waals surface area (Å²) in [6, 6.07) is 7.89. The van der Waals surface area contributed by atoms with Gasteiger partial charge in [-0.1, -0.05) is 18.2 Å². The van der Waals surface area contributed by atoms with Crippen LogP contribution in [0.4, 0.5) is 0 Å². The summed E-state index contributed by atoms with van der Waals surface area (Å²) in [6.45, 7) is 1.56. The second kappa shape index (κ2) is 3.96. The largest absolute Gasteiger partial charge is 0.228 e. The zero-order chi connectivity index (χ0) is 12.7. The van der Waals surface area contributed by atoms with Gasteiger partial charge in [0, 0.05) is 0 Å². The van der Waals surface area contributed by atoms with Crippen molar-refractivity contribution in [3.63, 3.8) is 0 Å². The first-order valence-electron chi connectivity index (χ1n) is 5.02. The van der Waals surface area contributed by atoms with Gasteiger partial charge in [-0.25, -0.2) is 16.8 Å². The zero-order valence-electron chi connectivity index (χ0n) is 9.25. The molecule has 2 rings (SSSR count). The van der Waals surface area contributed by atoms with Gasteiger partial charge in [0.15, 0.2) is 9.84 Å².